The van der Waals surface area contributed by atoms with E-state index in [4.69, 9.17) is 9.84 Å². The minimum absolute atomic E-state index is 0.0120. The van der Waals surface area contributed by atoms with E-state index in [1.807, 2.05) is 29.8 Å². The highest BCUT2D eigenvalue weighted by atomic mass is 79.9. The zero-order chi connectivity index (χ0) is 13.8. The Morgan fingerprint density at radius 1 is 1.47 bits per heavy atom. The summed E-state index contributed by atoms with van der Waals surface area (Å²) in [6.07, 6.45) is 1.70. The molecule has 1 aromatic carbocycles. The number of ether oxygens (including phenoxy) is 1. The number of benzene rings is 1. The smallest absolute Gasteiger partial charge is 0.168 e. The van der Waals surface area contributed by atoms with Gasteiger partial charge in [0.15, 0.2) is 5.16 Å². The first-order chi connectivity index (χ1) is 9.15. The fourth-order valence-electron chi connectivity index (χ4n) is 1.65. The van der Waals surface area contributed by atoms with E-state index in [0.29, 0.717) is 0 Å². The summed E-state index contributed by atoms with van der Waals surface area (Å²) in [6.45, 7) is 0.0120. The molecule has 102 valence electrons. The molecule has 0 radical (unpaired) electrons. The zero-order valence-corrected chi connectivity index (χ0v) is 13.2. The second-order valence-electron chi connectivity index (χ2n) is 4.01. The average Bonchev–Trinajstić information content (AvgIpc) is 2.77. The molecule has 0 aliphatic carbocycles. The van der Waals surface area contributed by atoms with Gasteiger partial charge in [0.2, 0.25) is 0 Å². The molecular weight excluding hydrogens is 328 g/mol. The van der Waals surface area contributed by atoms with Crippen molar-refractivity contribution >= 4 is 27.7 Å². The number of hydrogen-bond donors (Lipinski definition) is 1. The summed E-state index contributed by atoms with van der Waals surface area (Å²) in [4.78, 5) is 4.29. The van der Waals surface area contributed by atoms with Crippen molar-refractivity contribution in [2.75, 3.05) is 7.11 Å². The predicted molar refractivity (Wildman–Crippen MR) is 79.4 cm³/mol. The summed E-state index contributed by atoms with van der Waals surface area (Å²) in [5.74, 6) is 1.64. The number of halogens is 1. The Morgan fingerprint density at radius 3 is 2.84 bits per heavy atom. The molecule has 0 saturated carbocycles. The van der Waals surface area contributed by atoms with Gasteiger partial charge in [-0.05, 0) is 33.6 Å². The highest BCUT2D eigenvalue weighted by molar-refractivity contribution is 9.10. The van der Waals surface area contributed by atoms with E-state index in [9.17, 15) is 0 Å². The number of imidazole rings is 1. The first-order valence-corrected chi connectivity index (χ1v) is 7.50. The molecular formula is C13H15BrN2O2S. The van der Waals surface area contributed by atoms with Crippen molar-refractivity contribution in [3.63, 3.8) is 0 Å². The monoisotopic (exact) mass is 342 g/mol. The van der Waals surface area contributed by atoms with Crippen molar-refractivity contribution in [2.24, 2.45) is 7.05 Å². The van der Waals surface area contributed by atoms with Gasteiger partial charge in [0.25, 0.3) is 0 Å². The van der Waals surface area contributed by atoms with Crippen LogP contribution in [0.15, 0.2) is 34.0 Å². The van der Waals surface area contributed by atoms with E-state index < -0.39 is 0 Å². The van der Waals surface area contributed by atoms with Crippen LogP contribution in [0.2, 0.25) is 0 Å². The Labute approximate surface area is 124 Å². The third kappa shape index (κ3) is 3.32. The first kappa shape index (κ1) is 14.4. The van der Waals surface area contributed by atoms with Crippen LogP contribution in [0.25, 0.3) is 0 Å². The van der Waals surface area contributed by atoms with Gasteiger partial charge in [-0.2, -0.15) is 0 Å². The number of aliphatic hydroxyl groups is 1. The minimum atomic E-state index is 0.0120. The standard InChI is InChI=1S/C13H15BrN2O2S/c1-16-10(7-17)6-15-13(16)19-8-9-3-4-12(18-2)11(14)5-9/h3-6,17H,7-8H2,1-2H3. The number of nitrogens with zero attached hydrogens (tertiary/aromatic N) is 2. The van der Waals surface area contributed by atoms with Crippen molar-refractivity contribution in [3.05, 3.63) is 40.1 Å². The van der Waals surface area contributed by atoms with Crippen molar-refractivity contribution in [2.45, 2.75) is 17.5 Å². The van der Waals surface area contributed by atoms with Crippen molar-refractivity contribution in [1.82, 2.24) is 9.55 Å². The Bertz CT molecular complexity index is 572. The van der Waals surface area contributed by atoms with Crippen LogP contribution in [0.4, 0.5) is 0 Å². The zero-order valence-electron chi connectivity index (χ0n) is 10.8. The van der Waals surface area contributed by atoms with E-state index >= 15 is 0 Å². The molecule has 19 heavy (non-hydrogen) atoms. The van der Waals surface area contributed by atoms with E-state index in [-0.39, 0.29) is 6.61 Å². The quantitative estimate of drug-likeness (QED) is 0.848. The molecule has 6 heteroatoms. The SMILES string of the molecule is COc1ccc(CSc2ncc(CO)n2C)cc1Br. The number of rotatable bonds is 5. The van der Waals surface area contributed by atoms with Crippen molar-refractivity contribution in [3.8, 4) is 5.75 Å². The van der Waals surface area contributed by atoms with Crippen LogP contribution in [0.3, 0.4) is 0 Å². The average molecular weight is 343 g/mol. The molecule has 0 bridgehead atoms. The lowest BCUT2D eigenvalue weighted by molar-refractivity contribution is 0.271. The normalized spacial score (nSPS) is 10.7. The van der Waals surface area contributed by atoms with E-state index in [1.165, 1.54) is 5.56 Å². The molecule has 1 N–H and O–H groups in total. The molecule has 0 fully saturated rings. The van der Waals surface area contributed by atoms with E-state index in [2.05, 4.69) is 20.9 Å². The topological polar surface area (TPSA) is 47.3 Å². The summed E-state index contributed by atoms with van der Waals surface area (Å²) in [5, 5.41) is 10.0. The third-order valence-corrected chi connectivity index (χ3v) is 4.52. The van der Waals surface area contributed by atoms with Gasteiger partial charge in [-0.15, -0.1) is 0 Å². The maximum atomic E-state index is 9.12. The van der Waals surface area contributed by atoms with Gasteiger partial charge < -0.3 is 14.4 Å². The molecule has 2 rings (SSSR count). The molecule has 1 heterocycles. The second-order valence-corrected chi connectivity index (χ2v) is 5.80. The minimum Gasteiger partial charge on any atom is -0.496 e. The first-order valence-electron chi connectivity index (χ1n) is 5.72. The van der Waals surface area contributed by atoms with Gasteiger partial charge in [-0.3, -0.25) is 0 Å². The summed E-state index contributed by atoms with van der Waals surface area (Å²) in [7, 11) is 3.56. The van der Waals surface area contributed by atoms with Gasteiger partial charge in [0.1, 0.15) is 5.75 Å². The summed E-state index contributed by atoms with van der Waals surface area (Å²) < 4.78 is 8.06. The van der Waals surface area contributed by atoms with Crippen LogP contribution in [-0.4, -0.2) is 21.8 Å². The molecule has 0 amide bonds. The second kappa shape index (κ2) is 6.45. The van der Waals surface area contributed by atoms with E-state index in [0.717, 1.165) is 26.8 Å². The molecule has 0 aliphatic heterocycles. The number of aliphatic hydroxyl groups excluding tert-OH is 1. The fourth-order valence-corrected chi connectivity index (χ4v) is 3.16. The fraction of sp³-hybridized carbons (Fsp3) is 0.308. The third-order valence-electron chi connectivity index (χ3n) is 2.79. The van der Waals surface area contributed by atoms with Crippen LogP contribution in [0, 0.1) is 0 Å². The van der Waals surface area contributed by atoms with Crippen LogP contribution in [-0.2, 0) is 19.4 Å². The molecule has 0 saturated heterocycles. The molecule has 0 unspecified atom stereocenters. The van der Waals surface area contributed by atoms with Crippen molar-refractivity contribution < 1.29 is 9.84 Å². The number of methoxy groups -OCH3 is 1. The Morgan fingerprint density at radius 2 is 2.26 bits per heavy atom. The highest BCUT2D eigenvalue weighted by Crippen LogP contribution is 2.29. The molecule has 1 aromatic heterocycles. The molecule has 0 atom stereocenters. The lowest BCUT2D eigenvalue weighted by atomic mass is 10.2. The molecule has 2 aromatic rings. The van der Waals surface area contributed by atoms with Crippen LogP contribution in [0.5, 0.6) is 5.75 Å². The highest BCUT2D eigenvalue weighted by Gasteiger charge is 2.07. The van der Waals surface area contributed by atoms with Crippen molar-refractivity contribution in [1.29, 1.82) is 0 Å². The largest absolute Gasteiger partial charge is 0.496 e. The summed E-state index contributed by atoms with van der Waals surface area (Å²) in [5.41, 5.74) is 2.00. The lowest BCUT2D eigenvalue weighted by Crippen LogP contribution is -1.97. The van der Waals surface area contributed by atoms with Gasteiger partial charge in [0, 0.05) is 12.8 Å². The predicted octanol–water partition coefficient (Wildman–Crippen LogP) is 2.98. The van der Waals surface area contributed by atoms with Crippen LogP contribution < -0.4 is 4.74 Å². The maximum absolute atomic E-state index is 9.12. The Hall–Kier alpha value is -0.980. The number of hydrogen-bond acceptors (Lipinski definition) is 4. The van der Waals surface area contributed by atoms with Gasteiger partial charge in [0.05, 0.1) is 30.1 Å². The Kier molecular flexibility index (Phi) is 4.90. The number of thioether (sulfide) groups is 1. The van der Waals surface area contributed by atoms with Gasteiger partial charge in [-0.1, -0.05) is 17.8 Å². The Balaban J connectivity index is 2.06. The van der Waals surface area contributed by atoms with Crippen LogP contribution in [0.1, 0.15) is 11.3 Å². The van der Waals surface area contributed by atoms with Gasteiger partial charge >= 0.3 is 0 Å². The summed E-state index contributed by atoms with van der Waals surface area (Å²) in [6, 6.07) is 6.02. The van der Waals surface area contributed by atoms with Gasteiger partial charge in [-0.25, -0.2) is 4.98 Å². The van der Waals surface area contributed by atoms with E-state index in [1.54, 1.807) is 25.1 Å². The number of aromatic nitrogens is 2. The summed E-state index contributed by atoms with van der Waals surface area (Å²) >= 11 is 5.11. The lowest BCUT2D eigenvalue weighted by Gasteiger charge is -2.07. The maximum Gasteiger partial charge on any atom is 0.168 e. The van der Waals surface area contributed by atoms with Crippen LogP contribution >= 0.6 is 27.7 Å². The molecule has 4 nitrogen and oxygen atoms in total. The molecule has 0 aliphatic rings. The molecule has 0 spiro atoms.